The molecule has 1 heterocycles. The van der Waals surface area contributed by atoms with Crippen molar-refractivity contribution in [3.05, 3.63) is 29.3 Å². The summed E-state index contributed by atoms with van der Waals surface area (Å²) >= 11 is 0. The summed E-state index contributed by atoms with van der Waals surface area (Å²) in [7, 11) is 0. The number of rotatable bonds is 2. The molecule has 3 heteroatoms. The van der Waals surface area contributed by atoms with Gasteiger partial charge in [0.2, 0.25) is 5.91 Å². The van der Waals surface area contributed by atoms with Gasteiger partial charge in [-0.05, 0) is 31.0 Å². The highest BCUT2D eigenvalue weighted by atomic mass is 16.2. The first kappa shape index (κ1) is 13.9. The SMILES string of the molecule is Cc1ccc(C)c(N2CCN(C(=O)C(C)C)CC2)c1. The Kier molecular flexibility index (Phi) is 4.13. The summed E-state index contributed by atoms with van der Waals surface area (Å²) in [4.78, 5) is 16.4. The van der Waals surface area contributed by atoms with Gasteiger partial charge in [0.15, 0.2) is 0 Å². The zero-order valence-electron chi connectivity index (χ0n) is 12.4. The topological polar surface area (TPSA) is 23.6 Å². The largest absolute Gasteiger partial charge is 0.368 e. The Morgan fingerprint density at radius 3 is 2.32 bits per heavy atom. The Hall–Kier alpha value is -1.51. The van der Waals surface area contributed by atoms with Crippen LogP contribution in [0, 0.1) is 19.8 Å². The summed E-state index contributed by atoms with van der Waals surface area (Å²) in [5.74, 6) is 0.382. The van der Waals surface area contributed by atoms with Crippen LogP contribution in [0.1, 0.15) is 25.0 Å². The molecule has 1 fully saturated rings. The molecule has 1 aliphatic heterocycles. The van der Waals surface area contributed by atoms with Crippen LogP contribution >= 0.6 is 0 Å². The zero-order valence-corrected chi connectivity index (χ0v) is 12.4. The maximum Gasteiger partial charge on any atom is 0.225 e. The summed E-state index contributed by atoms with van der Waals surface area (Å²) < 4.78 is 0. The van der Waals surface area contributed by atoms with Gasteiger partial charge in [-0.2, -0.15) is 0 Å². The number of amides is 1. The van der Waals surface area contributed by atoms with Gasteiger partial charge in [0.05, 0.1) is 0 Å². The first-order valence-electron chi connectivity index (χ1n) is 7.10. The average molecular weight is 260 g/mol. The average Bonchev–Trinajstić information content (AvgIpc) is 2.41. The molecule has 0 spiro atoms. The monoisotopic (exact) mass is 260 g/mol. The van der Waals surface area contributed by atoms with E-state index in [1.54, 1.807) is 0 Å². The van der Waals surface area contributed by atoms with Crippen molar-refractivity contribution < 1.29 is 4.79 Å². The van der Waals surface area contributed by atoms with E-state index in [9.17, 15) is 4.79 Å². The maximum absolute atomic E-state index is 12.0. The molecule has 0 unspecified atom stereocenters. The minimum atomic E-state index is 0.104. The minimum absolute atomic E-state index is 0.104. The van der Waals surface area contributed by atoms with Crippen LogP contribution in [0.2, 0.25) is 0 Å². The molecule has 1 amide bonds. The van der Waals surface area contributed by atoms with Gasteiger partial charge < -0.3 is 9.80 Å². The van der Waals surface area contributed by atoms with E-state index in [1.165, 1.54) is 16.8 Å². The summed E-state index contributed by atoms with van der Waals surface area (Å²) in [5.41, 5.74) is 3.92. The number of nitrogens with zero attached hydrogens (tertiary/aromatic N) is 2. The fraction of sp³-hybridized carbons (Fsp3) is 0.562. The first-order chi connectivity index (χ1) is 8.99. The van der Waals surface area contributed by atoms with Crippen LogP contribution in [0.3, 0.4) is 0 Å². The number of hydrogen-bond acceptors (Lipinski definition) is 2. The molecule has 1 aliphatic rings. The molecule has 0 aromatic heterocycles. The van der Waals surface area contributed by atoms with Crippen molar-refractivity contribution in [3.8, 4) is 0 Å². The normalized spacial score (nSPS) is 16.1. The second kappa shape index (κ2) is 5.64. The second-order valence-corrected chi connectivity index (χ2v) is 5.76. The minimum Gasteiger partial charge on any atom is -0.368 e. The predicted molar refractivity (Wildman–Crippen MR) is 79.5 cm³/mol. The summed E-state index contributed by atoms with van der Waals surface area (Å²) in [6.45, 7) is 11.8. The lowest BCUT2D eigenvalue weighted by atomic mass is 10.1. The van der Waals surface area contributed by atoms with Crippen LogP contribution < -0.4 is 4.90 Å². The lowest BCUT2D eigenvalue weighted by Crippen LogP contribution is -2.50. The molecule has 104 valence electrons. The smallest absolute Gasteiger partial charge is 0.225 e. The molecule has 0 bridgehead atoms. The van der Waals surface area contributed by atoms with Crippen molar-refractivity contribution in [2.75, 3.05) is 31.1 Å². The number of carbonyl (C=O) groups is 1. The number of benzene rings is 1. The molecule has 1 aromatic rings. The Balaban J connectivity index is 2.04. The van der Waals surface area contributed by atoms with Crippen LogP contribution in [-0.2, 0) is 4.79 Å². The second-order valence-electron chi connectivity index (χ2n) is 5.76. The molecule has 3 nitrogen and oxygen atoms in total. The maximum atomic E-state index is 12.0. The molecule has 0 radical (unpaired) electrons. The van der Waals surface area contributed by atoms with Crippen molar-refractivity contribution >= 4 is 11.6 Å². The van der Waals surface area contributed by atoms with Gasteiger partial charge >= 0.3 is 0 Å². The van der Waals surface area contributed by atoms with Crippen molar-refractivity contribution in [2.45, 2.75) is 27.7 Å². The summed E-state index contributed by atoms with van der Waals surface area (Å²) in [6, 6.07) is 6.57. The van der Waals surface area contributed by atoms with E-state index >= 15 is 0 Å². The van der Waals surface area contributed by atoms with Crippen molar-refractivity contribution in [1.29, 1.82) is 0 Å². The van der Waals surface area contributed by atoms with E-state index in [-0.39, 0.29) is 11.8 Å². The summed E-state index contributed by atoms with van der Waals surface area (Å²) in [6.07, 6.45) is 0. The highest BCUT2D eigenvalue weighted by molar-refractivity contribution is 5.78. The first-order valence-corrected chi connectivity index (χ1v) is 7.10. The molecule has 0 atom stereocenters. The number of piperazine rings is 1. The fourth-order valence-corrected chi connectivity index (χ4v) is 2.59. The molecule has 2 rings (SSSR count). The van der Waals surface area contributed by atoms with Gasteiger partial charge in [0, 0.05) is 37.8 Å². The van der Waals surface area contributed by atoms with E-state index in [0.717, 1.165) is 26.2 Å². The van der Waals surface area contributed by atoms with E-state index in [0.29, 0.717) is 0 Å². The quantitative estimate of drug-likeness (QED) is 0.816. The molecule has 0 saturated carbocycles. The van der Waals surface area contributed by atoms with Crippen LogP contribution in [0.5, 0.6) is 0 Å². The zero-order chi connectivity index (χ0) is 14.0. The number of hydrogen-bond donors (Lipinski definition) is 0. The summed E-state index contributed by atoms with van der Waals surface area (Å²) in [5, 5.41) is 0. The van der Waals surface area contributed by atoms with Crippen molar-refractivity contribution in [2.24, 2.45) is 5.92 Å². The standard InChI is InChI=1S/C16H24N2O/c1-12(2)16(19)18-9-7-17(8-10-18)15-11-13(3)5-6-14(15)4/h5-6,11-12H,7-10H2,1-4H3. The highest BCUT2D eigenvalue weighted by Gasteiger charge is 2.23. The van der Waals surface area contributed by atoms with E-state index in [1.807, 2.05) is 18.7 Å². The van der Waals surface area contributed by atoms with Gasteiger partial charge in [-0.1, -0.05) is 26.0 Å². The lowest BCUT2D eigenvalue weighted by molar-refractivity contribution is -0.134. The van der Waals surface area contributed by atoms with E-state index < -0.39 is 0 Å². The Bertz CT molecular complexity index is 460. The Morgan fingerprint density at radius 1 is 1.11 bits per heavy atom. The molecule has 0 aliphatic carbocycles. The van der Waals surface area contributed by atoms with E-state index in [4.69, 9.17) is 0 Å². The fourth-order valence-electron chi connectivity index (χ4n) is 2.59. The van der Waals surface area contributed by atoms with Crippen LogP contribution in [0.15, 0.2) is 18.2 Å². The molecule has 1 aromatic carbocycles. The van der Waals surface area contributed by atoms with Gasteiger partial charge in [-0.3, -0.25) is 4.79 Å². The Morgan fingerprint density at radius 2 is 1.74 bits per heavy atom. The molecule has 0 N–H and O–H groups in total. The van der Waals surface area contributed by atoms with Crippen LogP contribution in [0.4, 0.5) is 5.69 Å². The Labute approximate surface area is 116 Å². The van der Waals surface area contributed by atoms with Crippen molar-refractivity contribution in [1.82, 2.24) is 4.90 Å². The molecule has 1 saturated heterocycles. The van der Waals surface area contributed by atoms with Crippen LogP contribution in [0.25, 0.3) is 0 Å². The predicted octanol–water partition coefficient (Wildman–Crippen LogP) is 2.61. The number of anilines is 1. The number of carbonyl (C=O) groups excluding carboxylic acids is 1. The van der Waals surface area contributed by atoms with Gasteiger partial charge in [0.25, 0.3) is 0 Å². The van der Waals surface area contributed by atoms with Crippen LogP contribution in [-0.4, -0.2) is 37.0 Å². The lowest BCUT2D eigenvalue weighted by Gasteiger charge is -2.37. The van der Waals surface area contributed by atoms with Gasteiger partial charge in [-0.15, -0.1) is 0 Å². The van der Waals surface area contributed by atoms with Crippen molar-refractivity contribution in [3.63, 3.8) is 0 Å². The van der Waals surface area contributed by atoms with Gasteiger partial charge in [0.1, 0.15) is 0 Å². The third-order valence-electron chi connectivity index (χ3n) is 3.79. The van der Waals surface area contributed by atoms with Gasteiger partial charge in [-0.25, -0.2) is 0 Å². The number of aryl methyl sites for hydroxylation is 2. The van der Waals surface area contributed by atoms with E-state index in [2.05, 4.69) is 36.9 Å². The third-order valence-corrected chi connectivity index (χ3v) is 3.79. The molecular weight excluding hydrogens is 236 g/mol. The molecular formula is C16H24N2O. The third kappa shape index (κ3) is 3.09. The molecule has 19 heavy (non-hydrogen) atoms. The highest BCUT2D eigenvalue weighted by Crippen LogP contribution is 2.23.